The van der Waals surface area contributed by atoms with Crippen molar-refractivity contribution in [3.8, 4) is 11.5 Å². The molecule has 0 aliphatic carbocycles. The average Bonchev–Trinajstić information content (AvgIpc) is 2.55. The van der Waals surface area contributed by atoms with E-state index in [0.29, 0.717) is 13.8 Å². The Morgan fingerprint density at radius 2 is 1.41 bits per heavy atom. The SMILES string of the molecule is [2H]c1cc([2H])c(-c2nc(N[C@]([2H])(C)C(F)(F)F)nc(N[C@]([2H])(C)C(F)(F)F)n2)nc1Cl. The molecule has 2 aromatic rings. The van der Waals surface area contributed by atoms with Gasteiger partial charge in [-0.3, -0.25) is 0 Å². The van der Waals surface area contributed by atoms with E-state index >= 15 is 0 Å². The molecule has 6 nitrogen and oxygen atoms in total. The molecule has 2 rings (SSSR count). The summed E-state index contributed by atoms with van der Waals surface area (Å²) in [6.07, 6.45) is -10.3. The van der Waals surface area contributed by atoms with Gasteiger partial charge in [-0.15, -0.1) is 0 Å². The van der Waals surface area contributed by atoms with Gasteiger partial charge in [0.25, 0.3) is 0 Å². The highest BCUT2D eigenvalue weighted by Gasteiger charge is 2.38. The summed E-state index contributed by atoms with van der Waals surface area (Å²) in [7, 11) is 0. The van der Waals surface area contributed by atoms with Crippen LogP contribution in [0.5, 0.6) is 0 Å². The molecule has 0 saturated heterocycles. The Labute approximate surface area is 160 Å². The van der Waals surface area contributed by atoms with E-state index in [1.54, 1.807) is 10.6 Å². The Morgan fingerprint density at radius 1 is 0.926 bits per heavy atom. The highest BCUT2D eigenvalue weighted by Crippen LogP contribution is 2.26. The van der Waals surface area contributed by atoms with Gasteiger partial charge in [-0.05, 0) is 25.9 Å². The van der Waals surface area contributed by atoms with Gasteiger partial charge < -0.3 is 10.6 Å². The van der Waals surface area contributed by atoms with E-state index in [1.807, 2.05) is 0 Å². The smallest absolute Gasteiger partial charge is 0.343 e. The monoisotopic (exact) mass is 418 g/mol. The fourth-order valence-electron chi connectivity index (χ4n) is 1.51. The van der Waals surface area contributed by atoms with Crippen LogP contribution in [0.1, 0.15) is 19.3 Å². The third-order valence-electron chi connectivity index (χ3n) is 2.91. The Balaban J connectivity index is 2.64. The van der Waals surface area contributed by atoms with Crippen molar-refractivity contribution in [1.29, 1.82) is 0 Å². The highest BCUT2D eigenvalue weighted by molar-refractivity contribution is 6.29. The maximum Gasteiger partial charge on any atom is 0.408 e. The summed E-state index contributed by atoms with van der Waals surface area (Å²) < 4.78 is 108. The Bertz CT molecular complexity index is 939. The predicted octanol–water partition coefficient (Wildman–Crippen LogP) is 4.31. The number of halogens is 7. The van der Waals surface area contributed by atoms with Crippen LogP contribution >= 0.6 is 11.6 Å². The summed E-state index contributed by atoms with van der Waals surface area (Å²) in [5.41, 5.74) is -0.480. The molecular formula is C14H13ClF6N6. The molecule has 0 spiro atoms. The zero-order chi connectivity index (χ0) is 24.0. The number of rotatable bonds is 5. The van der Waals surface area contributed by atoms with Crippen LogP contribution in [0.15, 0.2) is 18.2 Å². The minimum Gasteiger partial charge on any atom is -0.343 e. The van der Waals surface area contributed by atoms with Gasteiger partial charge in [0.2, 0.25) is 11.9 Å². The minimum absolute atomic E-state index is 0.368. The first kappa shape index (κ1) is 15.7. The largest absolute Gasteiger partial charge is 0.408 e. The van der Waals surface area contributed by atoms with Crippen LogP contribution in [0.3, 0.4) is 0 Å². The quantitative estimate of drug-likeness (QED) is 0.556. The molecule has 2 atom stereocenters. The standard InChI is InChI=1S/C14H13ClF6N6/c1-6(13(16,17)18)22-11-25-10(8-4-3-5-9(15)24-8)26-12(27-11)23-7(2)14(19,20)21/h3-7H,1-2H3,(H2,22,23,25,26,27)/t6-,7-/m1/s1/i4D,5D,6D,7D. The van der Waals surface area contributed by atoms with E-state index in [0.717, 1.165) is 6.07 Å². The second-order valence-corrected chi connectivity index (χ2v) is 5.34. The van der Waals surface area contributed by atoms with Crippen LogP contribution in [0, 0.1) is 0 Å². The Kier molecular flexibility index (Phi) is 4.47. The first-order chi connectivity index (χ1) is 13.8. The minimum atomic E-state index is -5.13. The number of anilines is 2. The van der Waals surface area contributed by atoms with Crippen molar-refractivity contribution in [1.82, 2.24) is 19.9 Å². The van der Waals surface area contributed by atoms with Crippen LogP contribution in [-0.4, -0.2) is 44.3 Å². The average molecular weight is 419 g/mol. The molecule has 0 bridgehead atoms. The van der Waals surface area contributed by atoms with E-state index in [4.69, 9.17) is 17.1 Å². The van der Waals surface area contributed by atoms with Crippen molar-refractivity contribution in [3.63, 3.8) is 0 Å². The molecule has 0 aromatic carbocycles. The molecule has 27 heavy (non-hydrogen) atoms. The molecule has 2 N–H and O–H groups in total. The molecule has 0 saturated carbocycles. The topological polar surface area (TPSA) is 75.6 Å². The zero-order valence-corrected chi connectivity index (χ0v) is 14.3. The first-order valence-electron chi connectivity index (χ1n) is 8.94. The van der Waals surface area contributed by atoms with Crippen LogP contribution in [-0.2, 0) is 0 Å². The molecule has 0 radical (unpaired) electrons. The van der Waals surface area contributed by atoms with E-state index < -0.39 is 59.0 Å². The maximum atomic E-state index is 13.0. The van der Waals surface area contributed by atoms with Crippen LogP contribution in [0.2, 0.25) is 5.15 Å². The third-order valence-corrected chi connectivity index (χ3v) is 3.10. The molecule has 0 unspecified atom stereocenters. The van der Waals surface area contributed by atoms with E-state index in [9.17, 15) is 26.3 Å². The summed E-state index contributed by atoms with van der Waals surface area (Å²) in [6.45, 7) is 0.821. The fraction of sp³-hybridized carbons (Fsp3) is 0.429. The predicted molar refractivity (Wildman–Crippen MR) is 86.3 cm³/mol. The van der Waals surface area contributed by atoms with Crippen molar-refractivity contribution >= 4 is 23.5 Å². The van der Waals surface area contributed by atoms with E-state index in [2.05, 4.69) is 19.9 Å². The lowest BCUT2D eigenvalue weighted by Crippen LogP contribution is -2.35. The van der Waals surface area contributed by atoms with E-state index in [-0.39, 0.29) is 6.04 Å². The molecule has 0 aliphatic heterocycles. The number of alkyl halides is 6. The Hall–Kier alpha value is -2.37. The lowest BCUT2D eigenvalue weighted by atomic mass is 10.3. The summed E-state index contributed by atoms with van der Waals surface area (Å²) in [6, 6.07) is -6.67. The number of pyridine rings is 1. The van der Waals surface area contributed by atoms with Crippen molar-refractivity contribution in [2.24, 2.45) is 0 Å². The molecule has 2 heterocycles. The molecule has 0 amide bonds. The van der Waals surface area contributed by atoms with Crippen molar-refractivity contribution in [2.75, 3.05) is 10.6 Å². The van der Waals surface area contributed by atoms with Crippen molar-refractivity contribution in [3.05, 3.63) is 23.3 Å². The molecule has 148 valence electrons. The summed E-state index contributed by atoms with van der Waals surface area (Å²) >= 11 is 5.71. The van der Waals surface area contributed by atoms with Gasteiger partial charge in [0.05, 0.1) is 5.48 Å². The van der Waals surface area contributed by atoms with Crippen molar-refractivity contribution < 1.29 is 31.8 Å². The van der Waals surface area contributed by atoms with Gasteiger partial charge in [0.1, 0.15) is 22.9 Å². The molecule has 2 aromatic heterocycles. The van der Waals surface area contributed by atoms with Crippen LogP contribution in [0.25, 0.3) is 11.5 Å². The number of nitrogens with one attached hydrogen (secondary N) is 2. The van der Waals surface area contributed by atoms with Gasteiger partial charge in [-0.1, -0.05) is 17.7 Å². The number of nitrogens with zero attached hydrogens (tertiary/aromatic N) is 4. The number of hydrogen-bond donors (Lipinski definition) is 2. The van der Waals surface area contributed by atoms with Gasteiger partial charge in [0.15, 0.2) is 5.82 Å². The highest BCUT2D eigenvalue weighted by atomic mass is 35.5. The first-order valence-corrected chi connectivity index (χ1v) is 7.32. The fourth-order valence-corrected chi connectivity index (χ4v) is 1.65. The second-order valence-electron chi connectivity index (χ2n) is 4.99. The van der Waals surface area contributed by atoms with Gasteiger partial charge in [0, 0.05) is 0 Å². The Morgan fingerprint density at radius 3 is 1.85 bits per heavy atom. The molecule has 0 fully saturated rings. The zero-order valence-electron chi connectivity index (χ0n) is 17.5. The van der Waals surface area contributed by atoms with Crippen LogP contribution in [0.4, 0.5) is 38.2 Å². The van der Waals surface area contributed by atoms with Gasteiger partial charge in [-0.2, -0.15) is 41.3 Å². The van der Waals surface area contributed by atoms with Crippen LogP contribution < -0.4 is 10.6 Å². The molecule has 0 aliphatic rings. The lowest BCUT2D eigenvalue weighted by molar-refractivity contribution is -0.139. The lowest BCUT2D eigenvalue weighted by Gasteiger charge is -2.20. The summed E-state index contributed by atoms with van der Waals surface area (Å²) in [5, 5.41) is 2.80. The molecular weight excluding hydrogens is 402 g/mol. The van der Waals surface area contributed by atoms with E-state index in [1.165, 1.54) is 0 Å². The number of aromatic nitrogens is 4. The van der Waals surface area contributed by atoms with Gasteiger partial charge in [-0.25, -0.2) is 4.98 Å². The van der Waals surface area contributed by atoms with Crippen molar-refractivity contribution in [2.45, 2.75) is 38.2 Å². The third kappa shape index (κ3) is 5.81. The maximum absolute atomic E-state index is 13.0. The van der Waals surface area contributed by atoms with Gasteiger partial charge >= 0.3 is 12.4 Å². The summed E-state index contributed by atoms with van der Waals surface area (Å²) in [4.78, 5) is 14.2. The summed E-state index contributed by atoms with van der Waals surface area (Å²) in [5.74, 6) is -2.64. The second kappa shape index (κ2) is 7.71. The molecule has 13 heteroatoms. The normalized spacial score (nSPS) is 19.0. The number of hydrogen-bond acceptors (Lipinski definition) is 6.